The van der Waals surface area contributed by atoms with E-state index in [-0.39, 0.29) is 5.92 Å². The van der Waals surface area contributed by atoms with Crippen LogP contribution in [-0.4, -0.2) is 20.8 Å². The summed E-state index contributed by atoms with van der Waals surface area (Å²) in [5, 5.41) is 2.81. The fourth-order valence-electron chi connectivity index (χ4n) is 0.852. The molecule has 0 unspecified atom stereocenters. The van der Waals surface area contributed by atoms with Crippen molar-refractivity contribution >= 4 is 15.7 Å². The number of nitrogens with zero attached hydrogens (tertiary/aromatic N) is 1. The molecule has 1 rings (SSSR count). The summed E-state index contributed by atoms with van der Waals surface area (Å²) in [5.41, 5.74) is 0.797. The molecule has 0 atom stereocenters. The molecule has 4 heteroatoms. The lowest BCUT2D eigenvalue weighted by atomic mass is 9.48. The van der Waals surface area contributed by atoms with E-state index >= 15 is 0 Å². The first kappa shape index (κ1) is 9.43. The third-order valence-corrected chi connectivity index (χ3v) is 2.01. The topological polar surface area (TPSA) is 26.0 Å². The Hall–Kier alpha value is -0.660. The van der Waals surface area contributed by atoms with Gasteiger partial charge in [-0.15, -0.1) is 0 Å². The summed E-state index contributed by atoms with van der Waals surface area (Å²) in [6, 6.07) is 1.76. The number of aryl methyl sites for hydroxylation is 1. The van der Waals surface area contributed by atoms with Gasteiger partial charge in [0.05, 0.1) is 21.4 Å². The summed E-state index contributed by atoms with van der Waals surface area (Å²) in [4.78, 5) is 0. The zero-order chi connectivity index (χ0) is 9.35. The van der Waals surface area contributed by atoms with E-state index in [1.54, 1.807) is 6.07 Å². The van der Waals surface area contributed by atoms with Gasteiger partial charge in [-0.05, 0) is 12.1 Å². The lowest BCUT2D eigenvalue weighted by Crippen LogP contribution is -2.32. The van der Waals surface area contributed by atoms with Gasteiger partial charge < -0.3 is 4.52 Å². The zero-order valence-corrected chi connectivity index (χ0v) is 7.66. The lowest BCUT2D eigenvalue weighted by Gasteiger charge is -2.26. The van der Waals surface area contributed by atoms with Crippen LogP contribution in [0.25, 0.3) is 0 Å². The first-order valence-corrected chi connectivity index (χ1v) is 3.96. The highest BCUT2D eigenvalue weighted by Gasteiger charge is 2.27. The molecule has 0 amide bonds. The van der Waals surface area contributed by atoms with Crippen molar-refractivity contribution in [2.24, 2.45) is 5.92 Å². The van der Waals surface area contributed by atoms with Gasteiger partial charge in [-0.3, -0.25) is 0 Å². The summed E-state index contributed by atoms with van der Waals surface area (Å²) >= 11 is 0. The minimum absolute atomic E-state index is 0.116. The second-order valence-corrected chi connectivity index (χ2v) is 3.42. The van der Waals surface area contributed by atoms with Crippen molar-refractivity contribution in [2.75, 3.05) is 0 Å². The minimum Gasteiger partial charge on any atom is -0.362 e. The van der Waals surface area contributed by atoms with Gasteiger partial charge in [0.15, 0.2) is 0 Å². The van der Waals surface area contributed by atoms with Gasteiger partial charge in [-0.2, -0.15) is 0 Å². The highest BCUT2D eigenvalue weighted by Crippen LogP contribution is 2.25. The summed E-state index contributed by atoms with van der Waals surface area (Å²) in [6.07, 6.45) is 0. The Morgan fingerprint density at radius 3 is 2.42 bits per heavy atom. The average Bonchev–Trinajstić information content (AvgIpc) is 2.35. The molecule has 0 saturated carbocycles. The fraction of sp³-hybridized carbons (Fsp3) is 0.625. The van der Waals surface area contributed by atoms with Crippen LogP contribution < -0.4 is 0 Å². The predicted molar refractivity (Wildman–Crippen MR) is 49.3 cm³/mol. The van der Waals surface area contributed by atoms with Crippen molar-refractivity contribution in [2.45, 2.75) is 26.0 Å². The van der Waals surface area contributed by atoms with E-state index in [1.807, 2.05) is 20.8 Å². The normalized spacial score (nSPS) is 12.3. The van der Waals surface area contributed by atoms with Crippen LogP contribution in [0.1, 0.15) is 25.3 Å². The number of hydrogen-bond donors (Lipinski definition) is 0. The van der Waals surface area contributed by atoms with E-state index in [0.717, 1.165) is 5.69 Å². The fourth-order valence-corrected chi connectivity index (χ4v) is 0.852. The molecule has 0 aliphatic carbocycles. The molecule has 1 aromatic heterocycles. The van der Waals surface area contributed by atoms with Crippen LogP contribution >= 0.6 is 0 Å². The first-order chi connectivity index (χ1) is 5.44. The van der Waals surface area contributed by atoms with E-state index in [0.29, 0.717) is 5.76 Å². The maximum Gasteiger partial charge on any atom is 0.126 e. The van der Waals surface area contributed by atoms with Crippen LogP contribution in [0.3, 0.4) is 0 Å². The van der Waals surface area contributed by atoms with E-state index in [2.05, 4.69) is 5.16 Å². The predicted octanol–water partition coefficient (Wildman–Crippen LogP) is 1.13. The first-order valence-electron chi connectivity index (χ1n) is 3.96. The molecule has 0 N–H and O–H groups in total. The second-order valence-electron chi connectivity index (χ2n) is 3.42. The Morgan fingerprint density at radius 1 is 1.50 bits per heavy atom. The SMILES string of the molecule is [B]C([B])(c1cc(C)no1)C(C)C. The van der Waals surface area contributed by atoms with Crippen LogP contribution in [0.5, 0.6) is 0 Å². The average molecular weight is 159 g/mol. The van der Waals surface area contributed by atoms with Crippen LogP contribution in [0.4, 0.5) is 0 Å². The molecule has 0 bridgehead atoms. The third kappa shape index (κ3) is 1.57. The molecular formula is C8H11B2NO. The zero-order valence-electron chi connectivity index (χ0n) is 7.66. The van der Waals surface area contributed by atoms with E-state index < -0.39 is 5.21 Å². The Labute approximate surface area is 75.5 Å². The Balaban J connectivity index is 2.97. The number of rotatable bonds is 2. The molecule has 12 heavy (non-hydrogen) atoms. The van der Waals surface area contributed by atoms with Gasteiger partial charge in [0.1, 0.15) is 5.76 Å². The maximum atomic E-state index is 5.84. The number of hydrogen-bond acceptors (Lipinski definition) is 2. The smallest absolute Gasteiger partial charge is 0.126 e. The third-order valence-electron chi connectivity index (χ3n) is 2.01. The molecule has 0 spiro atoms. The molecule has 0 aliphatic rings. The second kappa shape index (κ2) is 3.00. The van der Waals surface area contributed by atoms with Crippen LogP contribution in [0, 0.1) is 12.8 Å². The summed E-state index contributed by atoms with van der Waals surface area (Å²) in [7, 11) is 11.7. The minimum atomic E-state index is -0.915. The molecule has 0 saturated heterocycles. The van der Waals surface area contributed by atoms with E-state index in [9.17, 15) is 0 Å². The van der Waals surface area contributed by atoms with Gasteiger partial charge in [0, 0.05) is 6.07 Å². The van der Waals surface area contributed by atoms with Crippen LogP contribution in [0.15, 0.2) is 10.6 Å². The molecule has 1 heterocycles. The summed E-state index contributed by atoms with van der Waals surface area (Å²) in [6.45, 7) is 5.72. The van der Waals surface area contributed by atoms with Crippen molar-refractivity contribution in [3.05, 3.63) is 17.5 Å². The lowest BCUT2D eigenvalue weighted by molar-refractivity contribution is 0.345. The highest BCUT2D eigenvalue weighted by molar-refractivity contribution is 6.40. The number of aromatic nitrogens is 1. The molecule has 0 fully saturated rings. The molecule has 0 aromatic carbocycles. The molecular weight excluding hydrogens is 148 g/mol. The van der Waals surface area contributed by atoms with Gasteiger partial charge in [0.25, 0.3) is 0 Å². The monoisotopic (exact) mass is 159 g/mol. The standard InChI is InChI=1S/C8H11B2NO/c1-5(2)8(9,10)7-4-6(3)11-12-7/h4-5H,1-3H3. The van der Waals surface area contributed by atoms with Crippen molar-refractivity contribution in [1.29, 1.82) is 0 Å². The van der Waals surface area contributed by atoms with Crippen molar-refractivity contribution in [1.82, 2.24) is 5.16 Å². The maximum absolute atomic E-state index is 5.84. The quantitative estimate of drug-likeness (QED) is 0.604. The van der Waals surface area contributed by atoms with E-state index in [1.165, 1.54) is 0 Å². The van der Waals surface area contributed by atoms with Gasteiger partial charge in [0.2, 0.25) is 0 Å². The molecule has 4 radical (unpaired) electrons. The largest absolute Gasteiger partial charge is 0.362 e. The summed E-state index contributed by atoms with van der Waals surface area (Å²) in [5.74, 6) is 0.653. The van der Waals surface area contributed by atoms with E-state index in [4.69, 9.17) is 20.2 Å². The van der Waals surface area contributed by atoms with Crippen molar-refractivity contribution in [3.8, 4) is 0 Å². The Morgan fingerprint density at radius 2 is 2.08 bits per heavy atom. The Kier molecular flexibility index (Phi) is 2.36. The molecule has 0 aliphatic heterocycles. The van der Waals surface area contributed by atoms with Crippen molar-refractivity contribution in [3.63, 3.8) is 0 Å². The molecule has 2 nitrogen and oxygen atoms in total. The highest BCUT2D eigenvalue weighted by atomic mass is 16.5. The van der Waals surface area contributed by atoms with Crippen molar-refractivity contribution < 1.29 is 4.52 Å². The van der Waals surface area contributed by atoms with Gasteiger partial charge in [-0.25, -0.2) is 0 Å². The summed E-state index contributed by atoms with van der Waals surface area (Å²) < 4.78 is 4.99. The Bertz CT molecular complexity index is 268. The van der Waals surface area contributed by atoms with Gasteiger partial charge >= 0.3 is 0 Å². The van der Waals surface area contributed by atoms with Crippen LogP contribution in [-0.2, 0) is 5.21 Å². The van der Waals surface area contributed by atoms with Gasteiger partial charge in [-0.1, -0.05) is 24.9 Å². The van der Waals surface area contributed by atoms with Crippen LogP contribution in [0.2, 0.25) is 0 Å². The molecule has 60 valence electrons. The molecule has 1 aromatic rings.